The van der Waals surface area contributed by atoms with Crippen molar-refractivity contribution in [3.8, 4) is 0 Å². The highest BCUT2D eigenvalue weighted by Gasteiger charge is 2.17. The maximum absolute atomic E-state index is 12.6. The van der Waals surface area contributed by atoms with Gasteiger partial charge in [0.1, 0.15) is 11.2 Å². The normalized spacial score (nSPS) is 11.9. The van der Waals surface area contributed by atoms with Crippen LogP contribution in [-0.4, -0.2) is 41.8 Å². The standard InChI is InChI=1S/C16H14N6O3S/c1-17-26(24,25)10-4-2-9(3-5-10)19-16(23)15-11-6-7-13-12(8-18-20-13)14(11)21-22-15/h2-8,17H,1H3,(H,18,20)(H,19,23)(H,21,22). The smallest absolute Gasteiger partial charge is 0.274 e. The topological polar surface area (TPSA) is 133 Å². The van der Waals surface area contributed by atoms with E-state index < -0.39 is 10.0 Å². The van der Waals surface area contributed by atoms with Crippen LogP contribution < -0.4 is 10.0 Å². The number of rotatable bonds is 4. The SMILES string of the molecule is CNS(=O)(=O)c1ccc(NC(=O)c2[nH]nc3c2ccc2[nH]ncc23)cc1. The molecule has 0 aliphatic heterocycles. The zero-order valence-electron chi connectivity index (χ0n) is 13.6. The monoisotopic (exact) mass is 370 g/mol. The molecule has 0 spiro atoms. The largest absolute Gasteiger partial charge is 0.321 e. The first-order valence-electron chi connectivity index (χ1n) is 7.65. The minimum atomic E-state index is -3.52. The summed E-state index contributed by atoms with van der Waals surface area (Å²) in [6, 6.07) is 9.50. The summed E-state index contributed by atoms with van der Waals surface area (Å²) in [4.78, 5) is 12.7. The van der Waals surface area contributed by atoms with Gasteiger partial charge in [0.25, 0.3) is 5.91 Å². The molecule has 2 aromatic carbocycles. The van der Waals surface area contributed by atoms with Crippen molar-refractivity contribution in [2.45, 2.75) is 4.90 Å². The molecule has 9 nitrogen and oxygen atoms in total. The maximum Gasteiger partial charge on any atom is 0.274 e. The number of fused-ring (bicyclic) bond motifs is 3. The number of anilines is 1. The van der Waals surface area contributed by atoms with Gasteiger partial charge in [-0.2, -0.15) is 10.2 Å². The Bertz CT molecular complexity index is 1220. The average Bonchev–Trinajstić information content (AvgIpc) is 3.28. The van der Waals surface area contributed by atoms with Gasteiger partial charge in [-0.3, -0.25) is 15.0 Å². The summed E-state index contributed by atoms with van der Waals surface area (Å²) < 4.78 is 25.7. The lowest BCUT2D eigenvalue weighted by Gasteiger charge is -2.06. The van der Waals surface area contributed by atoms with E-state index in [1.54, 1.807) is 12.3 Å². The van der Waals surface area contributed by atoms with Gasteiger partial charge in [0, 0.05) is 16.5 Å². The summed E-state index contributed by atoms with van der Waals surface area (Å²) in [7, 11) is -2.18. The number of aromatic amines is 2. The molecular formula is C16H14N6O3S. The minimum absolute atomic E-state index is 0.118. The van der Waals surface area contributed by atoms with E-state index in [-0.39, 0.29) is 10.8 Å². The molecule has 0 aliphatic carbocycles. The first-order valence-corrected chi connectivity index (χ1v) is 9.13. The van der Waals surface area contributed by atoms with E-state index in [4.69, 9.17) is 0 Å². The van der Waals surface area contributed by atoms with Crippen LogP contribution in [0.3, 0.4) is 0 Å². The summed E-state index contributed by atoms with van der Waals surface area (Å²) in [5.41, 5.74) is 2.27. The van der Waals surface area contributed by atoms with Crippen LogP contribution >= 0.6 is 0 Å². The Balaban J connectivity index is 1.63. The van der Waals surface area contributed by atoms with E-state index >= 15 is 0 Å². The summed E-state index contributed by atoms with van der Waals surface area (Å²) in [5.74, 6) is -0.375. The van der Waals surface area contributed by atoms with Crippen LogP contribution in [0.4, 0.5) is 5.69 Å². The van der Waals surface area contributed by atoms with Gasteiger partial charge in [-0.05, 0) is 43.4 Å². The molecule has 2 heterocycles. The molecule has 26 heavy (non-hydrogen) atoms. The first kappa shape index (κ1) is 16.2. The molecule has 0 bridgehead atoms. The highest BCUT2D eigenvalue weighted by atomic mass is 32.2. The van der Waals surface area contributed by atoms with E-state index in [0.29, 0.717) is 22.3 Å². The van der Waals surface area contributed by atoms with Crippen LogP contribution in [0.5, 0.6) is 0 Å². The lowest BCUT2D eigenvalue weighted by molar-refractivity contribution is 0.102. The molecule has 2 aromatic heterocycles. The van der Waals surface area contributed by atoms with E-state index in [1.165, 1.54) is 31.3 Å². The Morgan fingerprint density at radius 2 is 1.81 bits per heavy atom. The van der Waals surface area contributed by atoms with Gasteiger partial charge < -0.3 is 5.32 Å². The molecule has 0 aliphatic rings. The fourth-order valence-electron chi connectivity index (χ4n) is 2.70. The van der Waals surface area contributed by atoms with Gasteiger partial charge >= 0.3 is 0 Å². The number of carbonyl (C=O) groups is 1. The lowest BCUT2D eigenvalue weighted by Crippen LogP contribution is -2.18. The lowest BCUT2D eigenvalue weighted by atomic mass is 10.1. The molecule has 4 N–H and O–H groups in total. The van der Waals surface area contributed by atoms with Gasteiger partial charge in [-0.25, -0.2) is 13.1 Å². The van der Waals surface area contributed by atoms with Gasteiger partial charge in [0.2, 0.25) is 10.0 Å². The zero-order chi connectivity index (χ0) is 18.3. The molecule has 4 rings (SSSR count). The third kappa shape index (κ3) is 2.61. The van der Waals surface area contributed by atoms with Crippen molar-refractivity contribution in [1.82, 2.24) is 25.1 Å². The van der Waals surface area contributed by atoms with Crippen LogP contribution in [0, 0.1) is 0 Å². The molecule has 0 fully saturated rings. The number of hydrogen-bond donors (Lipinski definition) is 4. The second kappa shape index (κ2) is 5.93. The fraction of sp³-hybridized carbons (Fsp3) is 0.0625. The van der Waals surface area contributed by atoms with Crippen molar-refractivity contribution in [2.75, 3.05) is 12.4 Å². The van der Waals surface area contributed by atoms with Crippen molar-refractivity contribution in [2.24, 2.45) is 0 Å². The van der Waals surface area contributed by atoms with Crippen molar-refractivity contribution in [3.63, 3.8) is 0 Å². The minimum Gasteiger partial charge on any atom is -0.321 e. The molecule has 4 aromatic rings. The maximum atomic E-state index is 12.6. The summed E-state index contributed by atoms with van der Waals surface area (Å²) in [5, 5.41) is 18.0. The Labute approximate surface area is 147 Å². The zero-order valence-corrected chi connectivity index (χ0v) is 14.4. The number of sulfonamides is 1. The van der Waals surface area contributed by atoms with E-state index in [9.17, 15) is 13.2 Å². The quantitative estimate of drug-likeness (QED) is 0.433. The number of aromatic nitrogens is 4. The van der Waals surface area contributed by atoms with Crippen molar-refractivity contribution in [1.29, 1.82) is 0 Å². The van der Waals surface area contributed by atoms with Crippen LogP contribution in [0.2, 0.25) is 0 Å². The third-order valence-electron chi connectivity index (χ3n) is 4.06. The highest BCUT2D eigenvalue weighted by Crippen LogP contribution is 2.25. The number of nitrogens with zero attached hydrogens (tertiary/aromatic N) is 2. The van der Waals surface area contributed by atoms with Crippen LogP contribution in [0.15, 0.2) is 47.5 Å². The molecule has 0 saturated carbocycles. The second-order valence-electron chi connectivity index (χ2n) is 5.58. The number of H-pyrrole nitrogens is 2. The Kier molecular flexibility index (Phi) is 3.71. The van der Waals surface area contributed by atoms with Crippen LogP contribution in [0.1, 0.15) is 10.5 Å². The summed E-state index contributed by atoms with van der Waals surface area (Å²) >= 11 is 0. The summed E-state index contributed by atoms with van der Waals surface area (Å²) in [6.45, 7) is 0. The van der Waals surface area contributed by atoms with Crippen LogP contribution in [0.25, 0.3) is 21.8 Å². The van der Waals surface area contributed by atoms with Gasteiger partial charge in [0.05, 0.1) is 16.6 Å². The molecule has 132 valence electrons. The van der Waals surface area contributed by atoms with Crippen molar-refractivity contribution >= 4 is 43.4 Å². The molecule has 0 atom stereocenters. The molecule has 0 radical (unpaired) electrons. The molecule has 0 unspecified atom stereocenters. The Hall–Kier alpha value is -3.24. The van der Waals surface area contributed by atoms with E-state index in [2.05, 4.69) is 30.4 Å². The Morgan fingerprint density at radius 1 is 1.04 bits per heavy atom. The van der Waals surface area contributed by atoms with Crippen molar-refractivity contribution < 1.29 is 13.2 Å². The predicted octanol–water partition coefficient (Wildman–Crippen LogP) is 1.60. The molecule has 1 amide bonds. The number of hydrogen-bond acceptors (Lipinski definition) is 5. The summed E-state index contributed by atoms with van der Waals surface area (Å²) in [6.07, 6.45) is 1.65. The highest BCUT2D eigenvalue weighted by molar-refractivity contribution is 7.89. The molecular weight excluding hydrogens is 356 g/mol. The Morgan fingerprint density at radius 3 is 2.54 bits per heavy atom. The predicted molar refractivity (Wildman–Crippen MR) is 96.4 cm³/mol. The number of carbonyl (C=O) groups excluding carboxylic acids is 1. The number of benzene rings is 2. The number of nitrogens with one attached hydrogen (secondary N) is 4. The molecule has 0 saturated heterocycles. The van der Waals surface area contributed by atoms with Gasteiger partial charge in [-0.1, -0.05) is 0 Å². The average molecular weight is 370 g/mol. The van der Waals surface area contributed by atoms with Crippen molar-refractivity contribution in [3.05, 3.63) is 48.3 Å². The van der Waals surface area contributed by atoms with Gasteiger partial charge in [-0.15, -0.1) is 0 Å². The van der Waals surface area contributed by atoms with Gasteiger partial charge in [0.15, 0.2) is 0 Å². The fourth-order valence-corrected chi connectivity index (χ4v) is 3.43. The number of amides is 1. The molecule has 10 heteroatoms. The van der Waals surface area contributed by atoms with Crippen LogP contribution in [-0.2, 0) is 10.0 Å². The van der Waals surface area contributed by atoms with E-state index in [1.807, 2.05) is 6.07 Å². The first-order chi connectivity index (χ1) is 12.5. The second-order valence-corrected chi connectivity index (χ2v) is 7.46. The third-order valence-corrected chi connectivity index (χ3v) is 5.49. The van der Waals surface area contributed by atoms with E-state index in [0.717, 1.165) is 10.9 Å².